The monoisotopic (exact) mass is 359 g/mol. The SMILES string of the molecule is CC(CNC(=O)C1COCCO1)Sc1ccc(Br)cc1. The maximum Gasteiger partial charge on any atom is 0.251 e. The molecule has 1 amide bonds. The van der Waals surface area contributed by atoms with Crippen molar-refractivity contribution < 1.29 is 14.3 Å². The number of hydrogen-bond donors (Lipinski definition) is 1. The Morgan fingerprint density at radius 1 is 1.45 bits per heavy atom. The summed E-state index contributed by atoms with van der Waals surface area (Å²) in [4.78, 5) is 13.1. The van der Waals surface area contributed by atoms with Crippen molar-refractivity contribution in [3.8, 4) is 0 Å². The number of nitrogens with one attached hydrogen (secondary N) is 1. The third-order valence-electron chi connectivity index (χ3n) is 2.82. The first-order valence-corrected chi connectivity index (χ1v) is 8.21. The van der Waals surface area contributed by atoms with Crippen molar-refractivity contribution in [3.05, 3.63) is 28.7 Å². The molecule has 6 heteroatoms. The summed E-state index contributed by atoms with van der Waals surface area (Å²) in [6.07, 6.45) is -0.464. The Bertz CT molecular complexity index is 435. The van der Waals surface area contributed by atoms with E-state index < -0.39 is 6.10 Å². The summed E-state index contributed by atoms with van der Waals surface area (Å²) in [7, 11) is 0. The first-order valence-electron chi connectivity index (χ1n) is 6.54. The number of ether oxygens (including phenoxy) is 2. The van der Waals surface area contributed by atoms with Gasteiger partial charge in [0.05, 0.1) is 19.8 Å². The van der Waals surface area contributed by atoms with Gasteiger partial charge in [0, 0.05) is 21.2 Å². The second kappa shape index (κ2) is 8.02. The van der Waals surface area contributed by atoms with Gasteiger partial charge < -0.3 is 14.8 Å². The van der Waals surface area contributed by atoms with Crippen molar-refractivity contribution in [2.45, 2.75) is 23.2 Å². The Labute approximate surface area is 131 Å². The molecule has 4 nitrogen and oxygen atoms in total. The highest BCUT2D eigenvalue weighted by Gasteiger charge is 2.22. The molecule has 0 bridgehead atoms. The van der Waals surface area contributed by atoms with Gasteiger partial charge in [-0.1, -0.05) is 22.9 Å². The van der Waals surface area contributed by atoms with E-state index in [1.54, 1.807) is 11.8 Å². The molecule has 20 heavy (non-hydrogen) atoms. The molecule has 2 rings (SSSR count). The largest absolute Gasteiger partial charge is 0.376 e. The molecule has 1 aromatic rings. The van der Waals surface area contributed by atoms with Crippen LogP contribution in [0.1, 0.15) is 6.92 Å². The zero-order valence-electron chi connectivity index (χ0n) is 11.3. The van der Waals surface area contributed by atoms with E-state index in [9.17, 15) is 4.79 Å². The highest BCUT2D eigenvalue weighted by molar-refractivity contribution is 9.10. The topological polar surface area (TPSA) is 47.6 Å². The molecule has 0 saturated carbocycles. The van der Waals surface area contributed by atoms with Crippen LogP contribution in [-0.2, 0) is 14.3 Å². The van der Waals surface area contributed by atoms with Crippen LogP contribution in [0, 0.1) is 0 Å². The van der Waals surface area contributed by atoms with Crippen molar-refractivity contribution >= 4 is 33.6 Å². The first kappa shape index (κ1) is 15.8. The number of amides is 1. The van der Waals surface area contributed by atoms with Crippen LogP contribution < -0.4 is 5.32 Å². The predicted octanol–water partition coefficient (Wildman–Crippen LogP) is 2.46. The molecule has 1 aliphatic heterocycles. The molecule has 0 spiro atoms. The quantitative estimate of drug-likeness (QED) is 0.820. The number of carbonyl (C=O) groups is 1. The second-order valence-electron chi connectivity index (χ2n) is 4.56. The maximum atomic E-state index is 11.9. The van der Waals surface area contributed by atoms with Crippen molar-refractivity contribution in [2.75, 3.05) is 26.4 Å². The molecule has 1 N–H and O–H groups in total. The zero-order chi connectivity index (χ0) is 14.4. The van der Waals surface area contributed by atoms with Gasteiger partial charge in [0.1, 0.15) is 0 Å². The molecule has 1 aliphatic rings. The van der Waals surface area contributed by atoms with Gasteiger partial charge in [-0.15, -0.1) is 11.8 Å². The van der Waals surface area contributed by atoms with Crippen LogP contribution in [0.5, 0.6) is 0 Å². The number of hydrogen-bond acceptors (Lipinski definition) is 4. The van der Waals surface area contributed by atoms with Gasteiger partial charge in [0.25, 0.3) is 5.91 Å². The van der Waals surface area contributed by atoms with Crippen LogP contribution in [0.3, 0.4) is 0 Å². The summed E-state index contributed by atoms with van der Waals surface area (Å²) in [5.74, 6) is -0.0899. The first-order chi connectivity index (χ1) is 9.65. The van der Waals surface area contributed by atoms with Gasteiger partial charge in [-0.05, 0) is 24.3 Å². The van der Waals surface area contributed by atoms with Gasteiger partial charge in [-0.25, -0.2) is 0 Å². The lowest BCUT2D eigenvalue weighted by Crippen LogP contribution is -2.44. The summed E-state index contributed by atoms with van der Waals surface area (Å²) < 4.78 is 11.6. The minimum absolute atomic E-state index is 0.0899. The molecular weight excluding hydrogens is 342 g/mol. The third kappa shape index (κ3) is 5.09. The number of benzene rings is 1. The summed E-state index contributed by atoms with van der Waals surface area (Å²) in [5, 5.41) is 3.21. The van der Waals surface area contributed by atoms with Crippen LogP contribution >= 0.6 is 27.7 Å². The van der Waals surface area contributed by atoms with Crippen molar-refractivity contribution in [2.24, 2.45) is 0 Å². The normalized spacial score (nSPS) is 20.4. The Balaban J connectivity index is 1.72. The van der Waals surface area contributed by atoms with Crippen LogP contribution in [0.15, 0.2) is 33.6 Å². The molecule has 0 aromatic heterocycles. The molecule has 1 fully saturated rings. The molecule has 0 aliphatic carbocycles. The van der Waals surface area contributed by atoms with Crippen LogP contribution in [0.2, 0.25) is 0 Å². The van der Waals surface area contributed by atoms with E-state index in [4.69, 9.17) is 9.47 Å². The standard InChI is InChI=1S/C14H18BrNO3S/c1-10(20-12-4-2-11(15)3-5-12)8-16-14(17)13-9-18-6-7-19-13/h2-5,10,13H,6-9H2,1H3,(H,16,17). The fourth-order valence-corrected chi connectivity index (χ4v) is 2.97. The number of thioether (sulfide) groups is 1. The average Bonchev–Trinajstić information content (AvgIpc) is 2.48. The minimum atomic E-state index is -0.464. The number of rotatable bonds is 5. The van der Waals surface area contributed by atoms with Gasteiger partial charge >= 0.3 is 0 Å². The Kier molecular flexibility index (Phi) is 6.35. The van der Waals surface area contributed by atoms with Crippen molar-refractivity contribution in [3.63, 3.8) is 0 Å². The van der Waals surface area contributed by atoms with Gasteiger partial charge in [0.2, 0.25) is 0 Å². The zero-order valence-corrected chi connectivity index (χ0v) is 13.7. The third-order valence-corrected chi connectivity index (χ3v) is 4.47. The lowest BCUT2D eigenvalue weighted by Gasteiger charge is -2.22. The summed E-state index contributed by atoms with van der Waals surface area (Å²) in [6, 6.07) is 8.15. The Morgan fingerprint density at radius 3 is 2.85 bits per heavy atom. The fourth-order valence-electron chi connectivity index (χ4n) is 1.78. The van der Waals surface area contributed by atoms with Gasteiger partial charge in [-0.2, -0.15) is 0 Å². The molecule has 1 saturated heterocycles. The van der Waals surface area contributed by atoms with E-state index in [1.807, 2.05) is 12.1 Å². The molecular formula is C14H18BrNO3S. The maximum absolute atomic E-state index is 11.9. The Hall–Kier alpha value is -0.560. The van der Waals surface area contributed by atoms with Gasteiger partial charge in [0.15, 0.2) is 6.10 Å². The van der Waals surface area contributed by atoms with E-state index in [-0.39, 0.29) is 5.91 Å². The van der Waals surface area contributed by atoms with E-state index in [2.05, 4.69) is 40.3 Å². The van der Waals surface area contributed by atoms with Gasteiger partial charge in [-0.3, -0.25) is 4.79 Å². The Morgan fingerprint density at radius 2 is 2.20 bits per heavy atom. The van der Waals surface area contributed by atoms with E-state index in [1.165, 1.54) is 4.90 Å². The number of halogens is 1. The molecule has 2 atom stereocenters. The number of carbonyl (C=O) groups excluding carboxylic acids is 1. The van der Waals surface area contributed by atoms with Crippen molar-refractivity contribution in [1.82, 2.24) is 5.32 Å². The van der Waals surface area contributed by atoms with Crippen molar-refractivity contribution in [1.29, 1.82) is 0 Å². The van der Waals surface area contributed by atoms with Crippen LogP contribution in [0.4, 0.5) is 0 Å². The molecule has 1 aromatic carbocycles. The highest BCUT2D eigenvalue weighted by atomic mass is 79.9. The smallest absolute Gasteiger partial charge is 0.251 e. The van der Waals surface area contributed by atoms with E-state index in [0.717, 1.165) is 4.47 Å². The van der Waals surface area contributed by atoms with E-state index in [0.29, 0.717) is 31.6 Å². The lowest BCUT2D eigenvalue weighted by atomic mass is 10.3. The summed E-state index contributed by atoms with van der Waals surface area (Å²) in [6.45, 7) is 4.10. The summed E-state index contributed by atoms with van der Waals surface area (Å²) >= 11 is 5.15. The van der Waals surface area contributed by atoms with Crippen LogP contribution in [0.25, 0.3) is 0 Å². The highest BCUT2D eigenvalue weighted by Crippen LogP contribution is 2.24. The molecule has 0 radical (unpaired) electrons. The molecule has 2 unspecified atom stereocenters. The fraction of sp³-hybridized carbons (Fsp3) is 0.500. The van der Waals surface area contributed by atoms with Crippen LogP contribution in [-0.4, -0.2) is 43.6 Å². The predicted molar refractivity (Wildman–Crippen MR) is 83.0 cm³/mol. The average molecular weight is 360 g/mol. The summed E-state index contributed by atoms with van der Waals surface area (Å²) in [5.41, 5.74) is 0. The van der Waals surface area contributed by atoms with E-state index >= 15 is 0 Å². The lowest BCUT2D eigenvalue weighted by molar-refractivity contribution is -0.147. The molecule has 110 valence electrons. The second-order valence-corrected chi connectivity index (χ2v) is 6.99. The molecule has 1 heterocycles. The minimum Gasteiger partial charge on any atom is -0.376 e.